The minimum absolute atomic E-state index is 0.753. The zero-order valence-corrected chi connectivity index (χ0v) is 9.95. The van der Waals surface area contributed by atoms with Gasteiger partial charge in [0.15, 0.2) is 6.29 Å². The minimum Gasteiger partial charge on any atom is -0.364 e. The summed E-state index contributed by atoms with van der Waals surface area (Å²) in [5.41, 5.74) is 3.03. The van der Waals surface area contributed by atoms with E-state index in [2.05, 4.69) is 5.16 Å². The largest absolute Gasteiger partial charge is 0.364 e. The molecule has 4 heteroatoms. The summed E-state index contributed by atoms with van der Waals surface area (Å²) >= 11 is 1.51. The van der Waals surface area contributed by atoms with Crippen LogP contribution in [0, 0.1) is 6.92 Å². The van der Waals surface area contributed by atoms with E-state index in [0.717, 1.165) is 38.1 Å². The van der Waals surface area contributed by atoms with Crippen LogP contribution < -0.4 is 0 Å². The van der Waals surface area contributed by atoms with Crippen LogP contribution in [-0.2, 0) is 0 Å². The number of fused-ring (bicyclic) bond motifs is 1. The van der Waals surface area contributed by atoms with Crippen LogP contribution in [0.2, 0.25) is 0 Å². The Morgan fingerprint density at radius 2 is 2.24 bits per heavy atom. The Morgan fingerprint density at radius 3 is 3.00 bits per heavy atom. The quantitative estimate of drug-likeness (QED) is 0.645. The summed E-state index contributed by atoms with van der Waals surface area (Å²) in [6, 6.07) is 7.86. The second-order valence-electron chi connectivity index (χ2n) is 3.82. The van der Waals surface area contributed by atoms with Gasteiger partial charge in [-0.2, -0.15) is 0 Å². The predicted octanol–water partition coefficient (Wildman–Crippen LogP) is 3.68. The normalized spacial score (nSPS) is 10.9. The van der Waals surface area contributed by atoms with Gasteiger partial charge in [0, 0.05) is 10.3 Å². The van der Waals surface area contributed by atoms with Gasteiger partial charge in [-0.15, -0.1) is 11.3 Å². The molecule has 2 heterocycles. The summed E-state index contributed by atoms with van der Waals surface area (Å²) in [6.45, 7) is 2.02. The Bertz CT molecular complexity index is 696. The molecule has 0 atom stereocenters. The average Bonchev–Trinajstić information content (AvgIpc) is 2.93. The number of carbonyl (C=O) groups is 1. The summed E-state index contributed by atoms with van der Waals surface area (Å²) in [5, 5.41) is 4.84. The maximum absolute atomic E-state index is 10.8. The van der Waals surface area contributed by atoms with Crippen LogP contribution in [0.1, 0.15) is 14.5 Å². The van der Waals surface area contributed by atoms with Crippen molar-refractivity contribution in [2.75, 3.05) is 0 Å². The molecule has 0 aliphatic carbocycles. The molecule has 84 valence electrons. The number of hydrogen-bond donors (Lipinski definition) is 0. The molecule has 0 radical (unpaired) electrons. The van der Waals surface area contributed by atoms with Crippen LogP contribution in [0.4, 0.5) is 0 Å². The Morgan fingerprint density at radius 1 is 1.35 bits per heavy atom. The molecule has 0 saturated heterocycles. The number of benzene rings is 1. The highest BCUT2D eigenvalue weighted by Gasteiger charge is 2.08. The van der Waals surface area contributed by atoms with Gasteiger partial charge in [-0.1, -0.05) is 11.2 Å². The van der Waals surface area contributed by atoms with Crippen LogP contribution in [-0.4, -0.2) is 11.4 Å². The average molecular weight is 243 g/mol. The molecule has 3 nitrogen and oxygen atoms in total. The van der Waals surface area contributed by atoms with Gasteiger partial charge in [0.1, 0.15) is 11.8 Å². The van der Waals surface area contributed by atoms with Gasteiger partial charge in [0.25, 0.3) is 0 Å². The van der Waals surface area contributed by atoms with Crippen molar-refractivity contribution in [3.8, 4) is 11.1 Å². The number of aryl methyl sites for hydroxylation is 1. The molecule has 0 amide bonds. The smallest absolute Gasteiger partial charge is 0.160 e. The van der Waals surface area contributed by atoms with Crippen molar-refractivity contribution in [2.45, 2.75) is 6.92 Å². The van der Waals surface area contributed by atoms with Crippen LogP contribution in [0.3, 0.4) is 0 Å². The summed E-state index contributed by atoms with van der Waals surface area (Å²) in [5.74, 6) is 0. The van der Waals surface area contributed by atoms with E-state index < -0.39 is 0 Å². The van der Waals surface area contributed by atoms with Crippen LogP contribution in [0.15, 0.2) is 35.1 Å². The molecule has 0 saturated carbocycles. The fraction of sp³-hybridized carbons (Fsp3) is 0.0769. The number of aldehydes is 1. The van der Waals surface area contributed by atoms with E-state index in [4.69, 9.17) is 4.52 Å². The first kappa shape index (κ1) is 10.2. The summed E-state index contributed by atoms with van der Waals surface area (Å²) in [7, 11) is 0. The molecule has 1 aromatic carbocycles. The van der Waals surface area contributed by atoms with Crippen molar-refractivity contribution < 1.29 is 9.32 Å². The molecular weight excluding hydrogens is 234 g/mol. The lowest BCUT2D eigenvalue weighted by atomic mass is 10.0. The Labute approximate surface area is 102 Å². The first-order valence-electron chi connectivity index (χ1n) is 5.18. The van der Waals surface area contributed by atoms with E-state index in [1.54, 1.807) is 6.26 Å². The zero-order valence-electron chi connectivity index (χ0n) is 9.14. The van der Waals surface area contributed by atoms with Crippen LogP contribution >= 0.6 is 11.3 Å². The standard InChI is InChI=1S/C13H9NO2S/c1-8-12(5-11(6-15)17-8)9-2-3-13-10(4-9)7-16-14-13/h2-7H,1H3. The van der Waals surface area contributed by atoms with Crippen molar-refractivity contribution in [1.82, 2.24) is 5.16 Å². The van der Waals surface area contributed by atoms with Gasteiger partial charge in [-0.05, 0) is 36.2 Å². The van der Waals surface area contributed by atoms with Gasteiger partial charge in [-0.25, -0.2) is 0 Å². The molecular formula is C13H9NO2S. The highest BCUT2D eigenvalue weighted by molar-refractivity contribution is 7.14. The third-order valence-corrected chi connectivity index (χ3v) is 3.70. The van der Waals surface area contributed by atoms with Gasteiger partial charge in [-0.3, -0.25) is 4.79 Å². The van der Waals surface area contributed by atoms with Gasteiger partial charge in [0.2, 0.25) is 0 Å². The lowest BCUT2D eigenvalue weighted by Gasteiger charge is -1.99. The zero-order chi connectivity index (χ0) is 11.8. The van der Waals surface area contributed by atoms with Crippen molar-refractivity contribution in [2.24, 2.45) is 0 Å². The molecule has 0 N–H and O–H groups in total. The van der Waals surface area contributed by atoms with Gasteiger partial charge < -0.3 is 4.52 Å². The Hall–Kier alpha value is -1.94. The molecule has 0 fully saturated rings. The highest BCUT2D eigenvalue weighted by atomic mass is 32.1. The second-order valence-corrected chi connectivity index (χ2v) is 5.11. The lowest BCUT2D eigenvalue weighted by molar-refractivity contribution is 0.112. The van der Waals surface area contributed by atoms with Crippen LogP contribution in [0.25, 0.3) is 22.0 Å². The predicted molar refractivity (Wildman–Crippen MR) is 67.4 cm³/mol. The van der Waals surface area contributed by atoms with E-state index in [0.29, 0.717) is 0 Å². The molecule has 0 spiro atoms. The number of hydrogen-bond acceptors (Lipinski definition) is 4. The Balaban J connectivity index is 2.18. The highest BCUT2D eigenvalue weighted by Crippen LogP contribution is 2.31. The molecule has 3 aromatic rings. The number of nitrogens with zero attached hydrogens (tertiary/aromatic N) is 1. The van der Waals surface area contributed by atoms with E-state index in [1.165, 1.54) is 11.3 Å². The third-order valence-electron chi connectivity index (χ3n) is 2.72. The molecule has 17 heavy (non-hydrogen) atoms. The van der Waals surface area contributed by atoms with Gasteiger partial charge in [0.05, 0.1) is 4.88 Å². The van der Waals surface area contributed by atoms with E-state index >= 15 is 0 Å². The first-order valence-corrected chi connectivity index (χ1v) is 6.00. The van der Waals surface area contributed by atoms with E-state index in [-0.39, 0.29) is 0 Å². The summed E-state index contributed by atoms with van der Waals surface area (Å²) < 4.78 is 4.91. The fourth-order valence-electron chi connectivity index (χ4n) is 1.89. The molecule has 3 rings (SSSR count). The maximum Gasteiger partial charge on any atom is 0.160 e. The van der Waals surface area contributed by atoms with E-state index in [1.807, 2.05) is 31.2 Å². The molecule has 0 bridgehead atoms. The maximum atomic E-state index is 10.8. The topological polar surface area (TPSA) is 43.1 Å². The lowest BCUT2D eigenvalue weighted by Crippen LogP contribution is -1.77. The molecule has 0 aliphatic heterocycles. The fourth-order valence-corrected chi connectivity index (χ4v) is 2.75. The summed E-state index contributed by atoms with van der Waals surface area (Å²) in [4.78, 5) is 12.7. The second kappa shape index (κ2) is 3.82. The van der Waals surface area contributed by atoms with Gasteiger partial charge >= 0.3 is 0 Å². The first-order chi connectivity index (χ1) is 8.28. The van der Waals surface area contributed by atoms with Crippen molar-refractivity contribution in [1.29, 1.82) is 0 Å². The monoisotopic (exact) mass is 243 g/mol. The van der Waals surface area contributed by atoms with Crippen molar-refractivity contribution in [3.05, 3.63) is 40.3 Å². The number of aromatic nitrogens is 1. The SMILES string of the molecule is Cc1sc(C=O)cc1-c1ccc2nocc2c1. The number of carbonyl (C=O) groups excluding carboxylic acids is 1. The van der Waals surface area contributed by atoms with Crippen molar-refractivity contribution >= 4 is 28.5 Å². The number of rotatable bonds is 2. The molecule has 2 aromatic heterocycles. The third kappa shape index (κ3) is 1.66. The Kier molecular flexibility index (Phi) is 2.30. The van der Waals surface area contributed by atoms with E-state index in [9.17, 15) is 4.79 Å². The molecule has 0 aliphatic rings. The molecule has 0 unspecified atom stereocenters. The van der Waals surface area contributed by atoms with Crippen molar-refractivity contribution in [3.63, 3.8) is 0 Å². The van der Waals surface area contributed by atoms with Crippen LogP contribution in [0.5, 0.6) is 0 Å². The minimum atomic E-state index is 0.753. The summed E-state index contributed by atoms with van der Waals surface area (Å²) in [6.07, 6.45) is 2.51. The number of thiophene rings is 1.